The van der Waals surface area contributed by atoms with E-state index in [0.29, 0.717) is 5.69 Å². The molecule has 1 heterocycles. The lowest BCUT2D eigenvalue weighted by Crippen LogP contribution is -2.40. The molecule has 5 aromatic rings. The van der Waals surface area contributed by atoms with Crippen LogP contribution in [0.25, 0.3) is 6.08 Å². The number of ether oxygens (including phenoxy) is 1. The van der Waals surface area contributed by atoms with Crippen molar-refractivity contribution in [2.75, 3.05) is 0 Å². The van der Waals surface area contributed by atoms with Crippen molar-refractivity contribution in [1.29, 1.82) is 0 Å². The van der Waals surface area contributed by atoms with Crippen molar-refractivity contribution in [3.63, 3.8) is 0 Å². The number of aliphatic carboxylic acids is 1. The van der Waals surface area contributed by atoms with Crippen molar-refractivity contribution in [2.24, 2.45) is 0 Å². The maximum absolute atomic E-state index is 12.2. The number of rotatable bonds is 11. The number of hydrogen-bond donors (Lipinski definition) is 2. The number of nitrogens with zero attached hydrogens (tertiary/aromatic N) is 2. The van der Waals surface area contributed by atoms with Crippen LogP contribution in [-0.2, 0) is 21.7 Å². The minimum absolute atomic E-state index is 0.0538. The highest BCUT2D eigenvalue weighted by atomic mass is 16.5. The fourth-order valence-electron chi connectivity index (χ4n) is 5.05. The number of carbonyl (C=O) groups is 2. The molecule has 0 bridgehead atoms. The molecular weight excluding hydrogens is 526 g/mol. The highest BCUT2D eigenvalue weighted by Crippen LogP contribution is 2.40. The number of benzene rings is 4. The van der Waals surface area contributed by atoms with Gasteiger partial charge in [0.25, 0.3) is 0 Å². The van der Waals surface area contributed by atoms with E-state index in [2.05, 4.69) is 51.3 Å². The molecule has 0 radical (unpaired) electrons. The molecule has 1 aromatic heterocycles. The quantitative estimate of drug-likeness (QED) is 0.181. The Morgan fingerprint density at radius 1 is 0.810 bits per heavy atom. The minimum Gasteiger partial charge on any atom is -0.480 e. The maximum Gasteiger partial charge on any atom is 0.408 e. The molecule has 1 amide bonds. The number of aromatic nitrogens is 2. The van der Waals surface area contributed by atoms with Gasteiger partial charge in [-0.2, -0.15) is 0 Å². The molecule has 42 heavy (non-hydrogen) atoms. The summed E-state index contributed by atoms with van der Waals surface area (Å²) in [5.74, 6) is -1.15. The van der Waals surface area contributed by atoms with Crippen molar-refractivity contribution in [1.82, 2.24) is 14.9 Å². The summed E-state index contributed by atoms with van der Waals surface area (Å²) >= 11 is 0. The number of hydrogen-bond acceptors (Lipinski definition) is 4. The zero-order valence-electron chi connectivity index (χ0n) is 22.9. The van der Waals surface area contributed by atoms with Crippen LogP contribution in [0.15, 0.2) is 140 Å². The molecule has 2 N–H and O–H groups in total. The van der Waals surface area contributed by atoms with E-state index in [9.17, 15) is 14.7 Å². The van der Waals surface area contributed by atoms with Crippen molar-refractivity contribution < 1.29 is 19.4 Å². The molecular formula is C35H31N3O4. The van der Waals surface area contributed by atoms with E-state index in [-0.39, 0.29) is 13.0 Å². The van der Waals surface area contributed by atoms with Crippen molar-refractivity contribution in [3.8, 4) is 0 Å². The molecule has 0 aliphatic carbocycles. The highest BCUT2D eigenvalue weighted by molar-refractivity contribution is 5.80. The second-order valence-corrected chi connectivity index (χ2v) is 9.75. The van der Waals surface area contributed by atoms with Crippen LogP contribution in [0.2, 0.25) is 0 Å². The maximum atomic E-state index is 12.2. The zero-order valence-corrected chi connectivity index (χ0v) is 22.9. The third-order valence-electron chi connectivity index (χ3n) is 7.03. The van der Waals surface area contributed by atoms with Gasteiger partial charge in [0.1, 0.15) is 18.2 Å². The lowest BCUT2D eigenvalue weighted by Gasteiger charge is -2.37. The fraction of sp³-hybridized carbons (Fsp3) is 0.114. The van der Waals surface area contributed by atoms with Gasteiger partial charge >= 0.3 is 12.1 Å². The third-order valence-corrected chi connectivity index (χ3v) is 7.03. The minimum atomic E-state index is -1.15. The lowest BCUT2D eigenvalue weighted by atomic mass is 9.77. The van der Waals surface area contributed by atoms with Gasteiger partial charge in [-0.15, -0.1) is 0 Å². The van der Waals surface area contributed by atoms with Gasteiger partial charge in [-0.3, -0.25) is 0 Å². The van der Waals surface area contributed by atoms with Crippen LogP contribution < -0.4 is 5.32 Å². The Kier molecular flexibility index (Phi) is 8.89. The summed E-state index contributed by atoms with van der Waals surface area (Å²) in [6, 6.07) is 38.8. The Hall–Kier alpha value is -5.43. The van der Waals surface area contributed by atoms with E-state index in [1.165, 1.54) is 0 Å². The topological polar surface area (TPSA) is 93.5 Å². The van der Waals surface area contributed by atoms with Crippen molar-refractivity contribution in [3.05, 3.63) is 168 Å². The van der Waals surface area contributed by atoms with E-state index >= 15 is 0 Å². The number of nitrogens with one attached hydrogen (secondary N) is 1. The highest BCUT2D eigenvalue weighted by Gasteiger charge is 2.38. The molecule has 0 saturated heterocycles. The number of carboxylic acid groups (broad SMARTS) is 1. The number of amides is 1. The fourth-order valence-corrected chi connectivity index (χ4v) is 5.05. The SMILES string of the molecule is O=C(N[C@@H](C/C=C/c1cn(C(c2ccccc2)(c2ccccc2)c2ccccc2)cn1)C(=O)O)OCc1ccccc1. The Balaban J connectivity index is 1.39. The van der Waals surface area contributed by atoms with Crippen LogP contribution in [0.5, 0.6) is 0 Å². The Morgan fingerprint density at radius 2 is 1.31 bits per heavy atom. The van der Waals surface area contributed by atoms with E-state index in [0.717, 1.165) is 22.3 Å². The summed E-state index contributed by atoms with van der Waals surface area (Å²) in [4.78, 5) is 28.7. The first kappa shape index (κ1) is 28.1. The van der Waals surface area contributed by atoms with E-state index in [1.807, 2.05) is 91.1 Å². The predicted molar refractivity (Wildman–Crippen MR) is 162 cm³/mol. The average Bonchev–Trinajstić information content (AvgIpc) is 3.51. The van der Waals surface area contributed by atoms with Gasteiger partial charge in [0.05, 0.1) is 12.0 Å². The van der Waals surface area contributed by atoms with Crippen LogP contribution in [0.4, 0.5) is 4.79 Å². The van der Waals surface area contributed by atoms with Crippen LogP contribution in [0.3, 0.4) is 0 Å². The molecule has 210 valence electrons. The molecule has 0 aliphatic heterocycles. The molecule has 0 aliphatic rings. The van der Waals surface area contributed by atoms with Crippen molar-refractivity contribution in [2.45, 2.75) is 24.6 Å². The van der Waals surface area contributed by atoms with E-state index in [4.69, 9.17) is 4.74 Å². The summed E-state index contributed by atoms with van der Waals surface area (Å²) in [5.41, 5.74) is 3.97. The molecule has 5 rings (SSSR count). The number of imidazole rings is 1. The largest absolute Gasteiger partial charge is 0.480 e. The van der Waals surface area contributed by atoms with Crippen LogP contribution >= 0.6 is 0 Å². The van der Waals surface area contributed by atoms with Gasteiger partial charge in [-0.1, -0.05) is 127 Å². The van der Waals surface area contributed by atoms with Gasteiger partial charge in [-0.25, -0.2) is 14.6 Å². The third kappa shape index (κ3) is 6.31. The molecule has 4 aromatic carbocycles. The smallest absolute Gasteiger partial charge is 0.408 e. The second-order valence-electron chi connectivity index (χ2n) is 9.75. The summed E-state index contributed by atoms with van der Waals surface area (Å²) in [6.07, 6.45) is 6.46. The number of carboxylic acids is 1. The van der Waals surface area contributed by atoms with E-state index in [1.54, 1.807) is 18.5 Å². The Bertz CT molecular complexity index is 1520. The number of carbonyl (C=O) groups excluding carboxylic acids is 1. The summed E-state index contributed by atoms with van der Waals surface area (Å²) in [6.45, 7) is 0.0538. The second kappa shape index (κ2) is 13.3. The molecule has 0 unspecified atom stereocenters. The van der Waals surface area contributed by atoms with Gasteiger partial charge in [-0.05, 0) is 34.8 Å². The first-order valence-electron chi connectivity index (χ1n) is 13.6. The van der Waals surface area contributed by atoms with Gasteiger partial charge in [0.15, 0.2) is 0 Å². The summed E-state index contributed by atoms with van der Waals surface area (Å²) < 4.78 is 7.27. The first-order chi connectivity index (χ1) is 20.6. The van der Waals surface area contributed by atoms with Gasteiger partial charge in [0, 0.05) is 6.20 Å². The van der Waals surface area contributed by atoms with Gasteiger partial charge in [0.2, 0.25) is 0 Å². The standard InChI is InChI=1S/C35H31N3O4/c39-33(40)32(37-34(41)42-25-27-14-5-1-6-15-27)23-13-22-31-24-38(26-36-31)35(28-16-7-2-8-17-28,29-18-9-3-10-19-29)30-20-11-4-12-21-30/h1-22,24,26,32H,23,25H2,(H,37,41)(H,39,40)/b22-13+/t32-/m0/s1. The molecule has 0 spiro atoms. The molecule has 7 heteroatoms. The average molecular weight is 558 g/mol. The zero-order chi connectivity index (χ0) is 29.2. The molecule has 7 nitrogen and oxygen atoms in total. The monoisotopic (exact) mass is 557 g/mol. The predicted octanol–water partition coefficient (Wildman–Crippen LogP) is 6.51. The van der Waals surface area contributed by atoms with Crippen LogP contribution in [0, 0.1) is 0 Å². The van der Waals surface area contributed by atoms with E-state index < -0.39 is 23.6 Å². The molecule has 0 fully saturated rings. The molecule has 1 atom stereocenters. The summed E-state index contributed by atoms with van der Waals surface area (Å²) in [7, 11) is 0. The van der Waals surface area contributed by atoms with Crippen LogP contribution in [0.1, 0.15) is 34.4 Å². The number of alkyl carbamates (subject to hydrolysis) is 1. The summed E-state index contributed by atoms with van der Waals surface area (Å²) in [5, 5.41) is 12.1. The van der Waals surface area contributed by atoms with Crippen LogP contribution in [-0.4, -0.2) is 32.8 Å². The lowest BCUT2D eigenvalue weighted by molar-refractivity contribution is -0.139. The Labute approximate surface area is 244 Å². The first-order valence-corrected chi connectivity index (χ1v) is 13.6. The Morgan fingerprint density at radius 3 is 1.81 bits per heavy atom. The normalized spacial score (nSPS) is 12.1. The van der Waals surface area contributed by atoms with Gasteiger partial charge < -0.3 is 19.7 Å². The van der Waals surface area contributed by atoms with Crippen molar-refractivity contribution >= 4 is 18.1 Å². The molecule has 0 saturated carbocycles.